The number of para-hydroxylation sites is 1. The fraction of sp³-hybridized carbons (Fsp3) is 0.118. The van der Waals surface area contributed by atoms with Gasteiger partial charge in [0.15, 0.2) is 0 Å². The number of nitrogens with zero attached hydrogens (tertiary/aromatic N) is 2. The van der Waals surface area contributed by atoms with Gasteiger partial charge in [-0.15, -0.1) is 0 Å². The second kappa shape index (κ2) is 6.39. The number of carbonyl (C=O) groups excluding carboxylic acids is 1. The standard InChI is InChI=1S/C17H12F3N3O2/c18-17(19,20)12-6-7-15(25)23(9-12)10-14(24)22-13-5-1-3-11-4-2-8-21-16(11)13/h1-9H,10H2,(H,22,24). The Hall–Kier alpha value is -3.16. The minimum Gasteiger partial charge on any atom is -0.323 e. The normalized spacial score (nSPS) is 11.5. The lowest BCUT2D eigenvalue weighted by atomic mass is 10.2. The number of fused-ring (bicyclic) bond motifs is 1. The molecular formula is C17H12F3N3O2. The van der Waals surface area contributed by atoms with Crippen LogP contribution in [0.1, 0.15) is 5.56 Å². The lowest BCUT2D eigenvalue weighted by Crippen LogP contribution is -2.28. The SMILES string of the molecule is O=C(Cn1cc(C(F)(F)F)ccc1=O)Nc1cccc2cccnc12. The number of aromatic nitrogens is 2. The van der Waals surface area contributed by atoms with E-state index in [1.165, 1.54) is 0 Å². The Balaban J connectivity index is 1.84. The molecule has 1 N–H and O–H groups in total. The lowest BCUT2D eigenvalue weighted by Gasteiger charge is -2.11. The van der Waals surface area contributed by atoms with Crippen LogP contribution in [-0.2, 0) is 17.5 Å². The van der Waals surface area contributed by atoms with E-state index in [1.54, 1.807) is 24.4 Å². The molecule has 1 amide bonds. The Kier molecular flexibility index (Phi) is 4.26. The van der Waals surface area contributed by atoms with Crippen LogP contribution in [0.15, 0.2) is 59.7 Å². The molecular weight excluding hydrogens is 335 g/mol. The third-order valence-corrected chi connectivity index (χ3v) is 3.53. The second-order valence-corrected chi connectivity index (χ2v) is 5.31. The molecule has 3 aromatic rings. The summed E-state index contributed by atoms with van der Waals surface area (Å²) < 4.78 is 38.9. The Labute approximate surface area is 139 Å². The molecule has 0 saturated heterocycles. The first kappa shape index (κ1) is 16.7. The van der Waals surface area contributed by atoms with Crippen molar-refractivity contribution < 1.29 is 18.0 Å². The van der Waals surface area contributed by atoms with Crippen LogP contribution in [-0.4, -0.2) is 15.5 Å². The second-order valence-electron chi connectivity index (χ2n) is 5.31. The van der Waals surface area contributed by atoms with E-state index < -0.39 is 29.8 Å². The van der Waals surface area contributed by atoms with Gasteiger partial charge in [0.1, 0.15) is 6.54 Å². The van der Waals surface area contributed by atoms with Crippen LogP contribution >= 0.6 is 0 Å². The number of hydrogen-bond acceptors (Lipinski definition) is 3. The molecule has 0 fully saturated rings. The van der Waals surface area contributed by atoms with Gasteiger partial charge in [-0.25, -0.2) is 0 Å². The maximum atomic E-state index is 12.7. The average molecular weight is 347 g/mol. The summed E-state index contributed by atoms with van der Waals surface area (Å²) in [7, 11) is 0. The molecule has 3 rings (SSSR count). The molecule has 8 heteroatoms. The van der Waals surface area contributed by atoms with Gasteiger partial charge in [0.05, 0.1) is 16.8 Å². The summed E-state index contributed by atoms with van der Waals surface area (Å²) in [6, 6.07) is 10.2. The largest absolute Gasteiger partial charge is 0.417 e. The van der Waals surface area contributed by atoms with Gasteiger partial charge < -0.3 is 9.88 Å². The van der Waals surface area contributed by atoms with Crippen LogP contribution in [0.3, 0.4) is 0 Å². The molecule has 0 unspecified atom stereocenters. The van der Waals surface area contributed by atoms with Crippen LogP contribution in [0.4, 0.5) is 18.9 Å². The van der Waals surface area contributed by atoms with Gasteiger partial charge >= 0.3 is 6.18 Å². The highest BCUT2D eigenvalue weighted by molar-refractivity contribution is 6.00. The predicted octanol–water partition coefficient (Wildman–Crippen LogP) is 3.05. The molecule has 0 aliphatic carbocycles. The van der Waals surface area contributed by atoms with Crippen molar-refractivity contribution in [2.75, 3.05) is 5.32 Å². The van der Waals surface area contributed by atoms with Gasteiger partial charge in [-0.2, -0.15) is 13.2 Å². The number of anilines is 1. The zero-order valence-corrected chi connectivity index (χ0v) is 12.7. The van der Waals surface area contributed by atoms with E-state index in [9.17, 15) is 22.8 Å². The van der Waals surface area contributed by atoms with Crippen molar-refractivity contribution in [3.63, 3.8) is 0 Å². The Morgan fingerprint density at radius 1 is 1.12 bits per heavy atom. The van der Waals surface area contributed by atoms with E-state index in [1.807, 2.05) is 12.1 Å². The molecule has 2 aromatic heterocycles. The third kappa shape index (κ3) is 3.68. The molecule has 0 aliphatic heterocycles. The molecule has 0 bridgehead atoms. The molecule has 128 valence electrons. The molecule has 1 aromatic carbocycles. The molecule has 5 nitrogen and oxygen atoms in total. The smallest absolute Gasteiger partial charge is 0.323 e. The number of carbonyl (C=O) groups is 1. The molecule has 0 spiro atoms. The summed E-state index contributed by atoms with van der Waals surface area (Å²) in [5.41, 5.74) is -0.719. The van der Waals surface area contributed by atoms with Gasteiger partial charge in [0, 0.05) is 23.8 Å². The van der Waals surface area contributed by atoms with Gasteiger partial charge in [0.25, 0.3) is 5.56 Å². The van der Waals surface area contributed by atoms with Crippen molar-refractivity contribution in [2.24, 2.45) is 0 Å². The van der Waals surface area contributed by atoms with Crippen LogP contribution < -0.4 is 10.9 Å². The lowest BCUT2D eigenvalue weighted by molar-refractivity contribution is -0.138. The molecule has 25 heavy (non-hydrogen) atoms. The van der Waals surface area contributed by atoms with Crippen LogP contribution in [0.5, 0.6) is 0 Å². The van der Waals surface area contributed by atoms with E-state index in [0.29, 0.717) is 23.5 Å². The minimum atomic E-state index is -4.59. The first-order valence-electron chi connectivity index (χ1n) is 7.26. The summed E-state index contributed by atoms with van der Waals surface area (Å²) in [4.78, 5) is 28.0. The number of amides is 1. The molecule has 0 atom stereocenters. The predicted molar refractivity (Wildman–Crippen MR) is 86.1 cm³/mol. The number of nitrogens with one attached hydrogen (secondary N) is 1. The van der Waals surface area contributed by atoms with Gasteiger partial charge in [-0.05, 0) is 18.2 Å². The van der Waals surface area contributed by atoms with Gasteiger partial charge in [-0.3, -0.25) is 14.6 Å². The first-order valence-corrected chi connectivity index (χ1v) is 7.26. The zero-order valence-electron chi connectivity index (χ0n) is 12.7. The van der Waals surface area contributed by atoms with Gasteiger partial charge in [-0.1, -0.05) is 18.2 Å². The topological polar surface area (TPSA) is 64.0 Å². The van der Waals surface area contributed by atoms with Crippen molar-refractivity contribution >= 4 is 22.5 Å². The summed E-state index contributed by atoms with van der Waals surface area (Å²) >= 11 is 0. The monoisotopic (exact) mass is 347 g/mol. The highest BCUT2D eigenvalue weighted by Gasteiger charge is 2.31. The highest BCUT2D eigenvalue weighted by Crippen LogP contribution is 2.28. The number of benzene rings is 1. The molecule has 0 saturated carbocycles. The van der Waals surface area contributed by atoms with Crippen molar-refractivity contribution in [1.29, 1.82) is 0 Å². The first-order chi connectivity index (χ1) is 11.8. The minimum absolute atomic E-state index is 0.420. The summed E-state index contributed by atoms with van der Waals surface area (Å²) in [5.74, 6) is -0.625. The van der Waals surface area contributed by atoms with Crippen molar-refractivity contribution in [3.05, 3.63) is 70.8 Å². The Bertz CT molecular complexity index is 991. The Morgan fingerprint density at radius 3 is 2.64 bits per heavy atom. The van der Waals surface area contributed by atoms with Crippen molar-refractivity contribution in [1.82, 2.24) is 9.55 Å². The van der Waals surface area contributed by atoms with Crippen LogP contribution in [0.25, 0.3) is 10.9 Å². The van der Waals surface area contributed by atoms with Crippen molar-refractivity contribution in [3.8, 4) is 0 Å². The number of rotatable bonds is 3. The van der Waals surface area contributed by atoms with Crippen LogP contribution in [0.2, 0.25) is 0 Å². The number of pyridine rings is 2. The van der Waals surface area contributed by atoms with E-state index in [4.69, 9.17) is 0 Å². The summed E-state index contributed by atoms with van der Waals surface area (Å²) in [5, 5.41) is 3.38. The molecule has 2 heterocycles. The molecule has 0 radical (unpaired) electrons. The summed E-state index contributed by atoms with van der Waals surface area (Å²) in [6.45, 7) is -0.536. The van der Waals surface area contributed by atoms with E-state index >= 15 is 0 Å². The highest BCUT2D eigenvalue weighted by atomic mass is 19.4. The fourth-order valence-electron chi connectivity index (χ4n) is 2.37. The van der Waals surface area contributed by atoms with Crippen molar-refractivity contribution in [2.45, 2.75) is 12.7 Å². The average Bonchev–Trinajstić information content (AvgIpc) is 2.56. The van der Waals surface area contributed by atoms with E-state index in [0.717, 1.165) is 16.0 Å². The van der Waals surface area contributed by atoms with E-state index in [2.05, 4.69) is 10.3 Å². The maximum absolute atomic E-state index is 12.7. The molecule has 0 aliphatic rings. The number of hydrogen-bond donors (Lipinski definition) is 1. The summed E-state index contributed by atoms with van der Waals surface area (Å²) in [6.07, 6.45) is -2.40. The van der Waals surface area contributed by atoms with Crippen LogP contribution in [0, 0.1) is 0 Å². The maximum Gasteiger partial charge on any atom is 0.417 e. The number of halogens is 3. The third-order valence-electron chi connectivity index (χ3n) is 3.53. The van der Waals surface area contributed by atoms with E-state index in [-0.39, 0.29) is 0 Å². The van der Waals surface area contributed by atoms with Gasteiger partial charge in [0.2, 0.25) is 5.91 Å². The fourth-order valence-corrected chi connectivity index (χ4v) is 2.37. The number of alkyl halides is 3. The zero-order chi connectivity index (χ0) is 18.0. The quantitative estimate of drug-likeness (QED) is 0.792. The Morgan fingerprint density at radius 2 is 1.88 bits per heavy atom.